The average Bonchev–Trinajstić information content (AvgIpc) is 2.66. The number of ether oxygens (including phenoxy) is 1. The van der Waals surface area contributed by atoms with Gasteiger partial charge >= 0.3 is 6.09 Å². The van der Waals surface area contributed by atoms with Crippen molar-refractivity contribution < 1.29 is 19.4 Å². The van der Waals surface area contributed by atoms with E-state index in [9.17, 15) is 9.59 Å². The molecule has 0 spiro atoms. The number of nitrogens with one attached hydrogen (secondary N) is 2. The molecule has 0 aromatic heterocycles. The normalized spacial score (nSPS) is 22.2. The van der Waals surface area contributed by atoms with Crippen LogP contribution in [0, 0.1) is 11.3 Å². The smallest absolute Gasteiger partial charge is 0.404 e. The number of carboxylic acid groups (broad SMARTS) is 1. The molecule has 9 nitrogen and oxygen atoms in total. The minimum absolute atomic E-state index is 0.0312. The molecule has 1 aromatic carbocycles. The summed E-state index contributed by atoms with van der Waals surface area (Å²) in [6, 6.07) is 9.23. The summed E-state index contributed by atoms with van der Waals surface area (Å²) in [6.45, 7) is 4.67. The summed E-state index contributed by atoms with van der Waals surface area (Å²) in [5.41, 5.74) is 1.56. The van der Waals surface area contributed by atoms with Crippen LogP contribution in [0.4, 0.5) is 4.79 Å². The molecule has 2 fully saturated rings. The summed E-state index contributed by atoms with van der Waals surface area (Å²) < 4.78 is 5.96. The second-order valence-corrected chi connectivity index (χ2v) is 7.15. The van der Waals surface area contributed by atoms with Crippen LogP contribution in [0.3, 0.4) is 0 Å². The minimum atomic E-state index is -1.01. The van der Waals surface area contributed by atoms with Crippen molar-refractivity contribution >= 4 is 12.0 Å². The lowest BCUT2D eigenvalue weighted by molar-refractivity contribution is -0.144. The average molecular weight is 387 g/mol. The molecular formula is C19H25N5O4. The van der Waals surface area contributed by atoms with Gasteiger partial charge in [-0.3, -0.25) is 14.6 Å². The number of nitriles is 1. The molecule has 2 bridgehead atoms. The number of nitrogens with zero attached hydrogens (tertiary/aromatic N) is 3. The molecule has 2 amide bonds. The van der Waals surface area contributed by atoms with E-state index >= 15 is 0 Å². The number of amides is 2. The number of hydrogen-bond donors (Lipinski definition) is 3. The molecule has 2 unspecified atom stereocenters. The number of benzene rings is 1. The molecule has 150 valence electrons. The van der Waals surface area contributed by atoms with Gasteiger partial charge in [0.25, 0.3) is 0 Å². The Hall–Kier alpha value is -2.67. The molecule has 2 heterocycles. The molecule has 2 saturated heterocycles. The highest BCUT2D eigenvalue weighted by Crippen LogP contribution is 2.18. The highest BCUT2D eigenvalue weighted by atomic mass is 16.5. The van der Waals surface area contributed by atoms with Crippen LogP contribution in [0.1, 0.15) is 11.1 Å². The summed E-state index contributed by atoms with van der Waals surface area (Å²) in [4.78, 5) is 27.1. The van der Waals surface area contributed by atoms with E-state index in [0.29, 0.717) is 44.8 Å². The number of hydrogen-bond acceptors (Lipinski definition) is 6. The highest BCUT2D eigenvalue weighted by Gasteiger charge is 2.35. The predicted molar refractivity (Wildman–Crippen MR) is 101 cm³/mol. The summed E-state index contributed by atoms with van der Waals surface area (Å²) in [5.74, 6) is -0.0353. The monoisotopic (exact) mass is 387 g/mol. The van der Waals surface area contributed by atoms with E-state index < -0.39 is 6.09 Å². The quantitative estimate of drug-likeness (QED) is 0.594. The van der Waals surface area contributed by atoms with E-state index in [1.807, 2.05) is 12.1 Å². The third-order valence-corrected chi connectivity index (χ3v) is 4.88. The maximum absolute atomic E-state index is 12.3. The zero-order valence-corrected chi connectivity index (χ0v) is 15.6. The summed E-state index contributed by atoms with van der Waals surface area (Å²) in [7, 11) is 0. The lowest BCUT2D eigenvalue weighted by atomic mass is 10.1. The van der Waals surface area contributed by atoms with Crippen molar-refractivity contribution in [2.24, 2.45) is 0 Å². The van der Waals surface area contributed by atoms with Crippen LogP contribution in [0.15, 0.2) is 24.3 Å². The minimum Gasteiger partial charge on any atom is -0.465 e. The van der Waals surface area contributed by atoms with Gasteiger partial charge in [0.15, 0.2) is 0 Å². The molecular weight excluding hydrogens is 362 g/mol. The van der Waals surface area contributed by atoms with E-state index in [1.54, 1.807) is 12.1 Å². The van der Waals surface area contributed by atoms with Gasteiger partial charge in [-0.15, -0.1) is 0 Å². The number of fused-ring (bicyclic) bond motifs is 2. The molecule has 0 saturated carbocycles. The van der Waals surface area contributed by atoms with Crippen molar-refractivity contribution in [2.75, 3.05) is 45.8 Å². The third-order valence-electron chi connectivity index (χ3n) is 4.88. The van der Waals surface area contributed by atoms with Crippen LogP contribution in [0.5, 0.6) is 0 Å². The Morgan fingerprint density at radius 1 is 1.11 bits per heavy atom. The number of carbonyl (C=O) groups excluding carboxylic acids is 1. The Morgan fingerprint density at radius 2 is 1.75 bits per heavy atom. The second-order valence-electron chi connectivity index (χ2n) is 7.15. The molecule has 2 atom stereocenters. The van der Waals surface area contributed by atoms with Gasteiger partial charge in [0.1, 0.15) is 0 Å². The van der Waals surface area contributed by atoms with E-state index in [-0.39, 0.29) is 18.1 Å². The summed E-state index contributed by atoms with van der Waals surface area (Å²) in [6.07, 6.45) is -0.945. The van der Waals surface area contributed by atoms with Crippen LogP contribution in [-0.2, 0) is 16.1 Å². The Balaban J connectivity index is 1.39. The topological polar surface area (TPSA) is 118 Å². The third kappa shape index (κ3) is 5.92. The molecule has 3 N–H and O–H groups in total. The van der Waals surface area contributed by atoms with Crippen molar-refractivity contribution in [3.63, 3.8) is 0 Å². The first-order chi connectivity index (χ1) is 13.5. The molecule has 28 heavy (non-hydrogen) atoms. The van der Waals surface area contributed by atoms with Crippen LogP contribution in [0.25, 0.3) is 0 Å². The fourth-order valence-corrected chi connectivity index (χ4v) is 3.65. The van der Waals surface area contributed by atoms with Crippen molar-refractivity contribution in [3.05, 3.63) is 35.4 Å². The zero-order valence-electron chi connectivity index (χ0n) is 15.6. The Labute approximate surface area is 163 Å². The van der Waals surface area contributed by atoms with Crippen molar-refractivity contribution in [2.45, 2.75) is 18.8 Å². The molecule has 3 rings (SSSR count). The van der Waals surface area contributed by atoms with Crippen LogP contribution >= 0.6 is 0 Å². The Bertz CT molecular complexity index is 719. The molecule has 0 radical (unpaired) electrons. The molecule has 2 aliphatic heterocycles. The van der Waals surface area contributed by atoms with Gasteiger partial charge in [-0.1, -0.05) is 12.1 Å². The van der Waals surface area contributed by atoms with Gasteiger partial charge in [-0.05, 0) is 17.7 Å². The maximum atomic E-state index is 12.3. The molecule has 1 aromatic rings. The highest BCUT2D eigenvalue weighted by molar-refractivity contribution is 5.78. The van der Waals surface area contributed by atoms with E-state index in [0.717, 1.165) is 18.7 Å². The molecule has 2 aliphatic rings. The fraction of sp³-hybridized carbons (Fsp3) is 0.526. The fourth-order valence-electron chi connectivity index (χ4n) is 3.65. The first-order valence-corrected chi connectivity index (χ1v) is 9.34. The lowest BCUT2D eigenvalue weighted by Crippen LogP contribution is -2.61. The van der Waals surface area contributed by atoms with Crippen molar-refractivity contribution in [1.29, 1.82) is 5.26 Å². The molecule has 0 aliphatic carbocycles. The van der Waals surface area contributed by atoms with E-state index in [1.165, 1.54) is 0 Å². The SMILES string of the molecule is N#Cc1ccc(CNC(=O)CN2CC3CN(CCNC(=O)O)CC(C2)O3)cc1. The first kappa shape index (κ1) is 20.1. The lowest BCUT2D eigenvalue weighted by Gasteiger charge is -2.45. The Kier molecular flexibility index (Phi) is 6.81. The van der Waals surface area contributed by atoms with Gasteiger partial charge in [-0.2, -0.15) is 5.26 Å². The zero-order chi connectivity index (χ0) is 19.9. The van der Waals surface area contributed by atoms with Crippen LogP contribution in [0.2, 0.25) is 0 Å². The number of rotatable bonds is 7. The predicted octanol–water partition coefficient (Wildman–Crippen LogP) is -0.173. The van der Waals surface area contributed by atoms with Crippen LogP contribution in [-0.4, -0.2) is 84.9 Å². The largest absolute Gasteiger partial charge is 0.465 e. The second kappa shape index (κ2) is 9.50. The Morgan fingerprint density at radius 3 is 2.36 bits per heavy atom. The molecule has 9 heteroatoms. The van der Waals surface area contributed by atoms with Crippen LogP contribution < -0.4 is 10.6 Å². The van der Waals surface area contributed by atoms with Crippen molar-refractivity contribution in [3.8, 4) is 6.07 Å². The van der Waals surface area contributed by atoms with E-state index in [4.69, 9.17) is 15.1 Å². The van der Waals surface area contributed by atoms with Gasteiger partial charge in [0.2, 0.25) is 5.91 Å². The first-order valence-electron chi connectivity index (χ1n) is 9.34. The summed E-state index contributed by atoms with van der Waals surface area (Å²) >= 11 is 0. The van der Waals surface area contributed by atoms with Gasteiger partial charge in [0, 0.05) is 45.8 Å². The van der Waals surface area contributed by atoms with Gasteiger partial charge in [-0.25, -0.2) is 4.79 Å². The number of carbonyl (C=O) groups is 2. The van der Waals surface area contributed by atoms with E-state index in [2.05, 4.69) is 26.5 Å². The maximum Gasteiger partial charge on any atom is 0.404 e. The standard InChI is InChI=1S/C19H25N5O4/c20-7-14-1-3-15(4-2-14)8-22-18(25)13-24-11-16-9-23(6-5-21-19(26)27)10-17(12-24)28-16/h1-4,16-17,21H,5-6,8-13H2,(H,22,25)(H,26,27). The van der Waals surface area contributed by atoms with Crippen molar-refractivity contribution in [1.82, 2.24) is 20.4 Å². The van der Waals surface area contributed by atoms with Gasteiger partial charge < -0.3 is 20.5 Å². The summed E-state index contributed by atoms with van der Waals surface area (Å²) in [5, 5.41) is 22.8. The van der Waals surface area contributed by atoms with Gasteiger partial charge in [0.05, 0.1) is 30.4 Å². The number of morpholine rings is 2.